The van der Waals surface area contributed by atoms with Gasteiger partial charge in [0.2, 0.25) is 0 Å². The highest BCUT2D eigenvalue weighted by atomic mass is 16.6. The molecule has 0 aliphatic carbocycles. The van der Waals surface area contributed by atoms with E-state index in [1.807, 2.05) is 6.07 Å². The summed E-state index contributed by atoms with van der Waals surface area (Å²) in [5.74, 6) is -0.335. The number of carbonyl (C=O) groups excluding carboxylic acids is 1. The predicted octanol–water partition coefficient (Wildman–Crippen LogP) is 1.65. The van der Waals surface area contributed by atoms with Crippen LogP contribution >= 0.6 is 0 Å². The van der Waals surface area contributed by atoms with Crippen molar-refractivity contribution in [1.82, 2.24) is 0 Å². The molecule has 84 valence electrons. The minimum atomic E-state index is -0.480. The summed E-state index contributed by atoms with van der Waals surface area (Å²) in [5, 5.41) is 17.6. The molecule has 0 aromatic heterocycles. The van der Waals surface area contributed by atoms with E-state index >= 15 is 0 Å². The van der Waals surface area contributed by atoms with Crippen LogP contribution in [-0.4, -0.2) is 19.2 Å². The molecule has 1 heterocycles. The zero-order valence-corrected chi connectivity index (χ0v) is 8.96. The van der Waals surface area contributed by atoms with Gasteiger partial charge in [-0.05, 0) is 18.2 Å². The Morgan fingerprint density at radius 3 is 2.94 bits per heavy atom. The summed E-state index contributed by atoms with van der Waals surface area (Å²) >= 11 is 0. The number of benzene rings is 1. The van der Waals surface area contributed by atoms with Gasteiger partial charge < -0.3 is 4.74 Å². The molecule has 5 heteroatoms. The van der Waals surface area contributed by atoms with Crippen molar-refractivity contribution < 1.29 is 9.53 Å². The molecule has 1 aromatic rings. The Balaban J connectivity index is 2.28. The minimum Gasteiger partial charge on any atom is -0.448 e. The summed E-state index contributed by atoms with van der Waals surface area (Å²) in [5.41, 5.74) is 1.04. The normalized spacial score (nSPS) is 19.1. The van der Waals surface area contributed by atoms with Crippen LogP contribution in [-0.2, 0) is 4.74 Å². The number of nitriles is 2. The second-order valence-corrected chi connectivity index (χ2v) is 3.68. The van der Waals surface area contributed by atoms with Crippen LogP contribution in [0.25, 0.3) is 0 Å². The molecule has 1 aromatic carbocycles. The predicted molar refractivity (Wildman–Crippen MR) is 59.0 cm³/mol. The average Bonchev–Trinajstić information content (AvgIpc) is 2.39. The van der Waals surface area contributed by atoms with Crippen LogP contribution in [0.4, 0.5) is 10.5 Å². The molecule has 17 heavy (non-hydrogen) atoms. The van der Waals surface area contributed by atoms with Gasteiger partial charge in [-0.1, -0.05) is 6.07 Å². The van der Waals surface area contributed by atoms with Crippen molar-refractivity contribution in [3.63, 3.8) is 0 Å². The van der Waals surface area contributed by atoms with Gasteiger partial charge in [0.15, 0.2) is 0 Å². The highest BCUT2D eigenvalue weighted by molar-refractivity contribution is 5.88. The summed E-state index contributed by atoms with van der Waals surface area (Å²) in [7, 11) is 0. The first kappa shape index (κ1) is 11.0. The summed E-state index contributed by atoms with van der Waals surface area (Å²) in [6.07, 6.45) is -0.480. The van der Waals surface area contributed by atoms with Crippen molar-refractivity contribution in [2.24, 2.45) is 5.92 Å². The Morgan fingerprint density at radius 1 is 1.41 bits per heavy atom. The van der Waals surface area contributed by atoms with Crippen molar-refractivity contribution >= 4 is 11.8 Å². The second-order valence-electron chi connectivity index (χ2n) is 3.68. The third-order valence-electron chi connectivity index (χ3n) is 2.50. The SMILES string of the molecule is N#Cc1cccc(N2CC(C#N)COC2=O)c1. The highest BCUT2D eigenvalue weighted by Crippen LogP contribution is 2.21. The summed E-state index contributed by atoms with van der Waals surface area (Å²) in [4.78, 5) is 12.9. The molecule has 1 amide bonds. The lowest BCUT2D eigenvalue weighted by molar-refractivity contribution is 0.127. The molecule has 0 spiro atoms. The van der Waals surface area contributed by atoms with Crippen molar-refractivity contribution in [3.8, 4) is 12.1 Å². The van der Waals surface area contributed by atoms with Crippen LogP contribution < -0.4 is 4.90 Å². The number of hydrogen-bond donors (Lipinski definition) is 0. The molecular weight excluding hydrogens is 218 g/mol. The van der Waals surface area contributed by atoms with Gasteiger partial charge in [-0.3, -0.25) is 4.90 Å². The fraction of sp³-hybridized carbons (Fsp3) is 0.250. The first-order valence-corrected chi connectivity index (χ1v) is 5.08. The zero-order valence-electron chi connectivity index (χ0n) is 8.96. The van der Waals surface area contributed by atoms with Crippen molar-refractivity contribution in [1.29, 1.82) is 10.5 Å². The maximum Gasteiger partial charge on any atom is 0.414 e. The molecular formula is C12H9N3O2. The van der Waals surface area contributed by atoms with Gasteiger partial charge >= 0.3 is 6.09 Å². The van der Waals surface area contributed by atoms with Gasteiger partial charge in [-0.15, -0.1) is 0 Å². The van der Waals surface area contributed by atoms with E-state index in [0.717, 1.165) is 0 Å². The number of anilines is 1. The Morgan fingerprint density at radius 2 is 2.24 bits per heavy atom. The number of rotatable bonds is 1. The Kier molecular flexibility index (Phi) is 2.93. The van der Waals surface area contributed by atoms with Gasteiger partial charge in [-0.25, -0.2) is 4.79 Å². The number of ether oxygens (including phenoxy) is 1. The largest absolute Gasteiger partial charge is 0.448 e. The van der Waals surface area contributed by atoms with E-state index in [1.165, 1.54) is 4.90 Å². The third-order valence-corrected chi connectivity index (χ3v) is 2.50. The highest BCUT2D eigenvalue weighted by Gasteiger charge is 2.28. The summed E-state index contributed by atoms with van der Waals surface area (Å²) in [6.45, 7) is 0.425. The number of amides is 1. The quantitative estimate of drug-likeness (QED) is 0.730. The van der Waals surface area contributed by atoms with Crippen molar-refractivity contribution in [2.45, 2.75) is 0 Å². The van der Waals surface area contributed by atoms with Crippen LogP contribution in [0.3, 0.4) is 0 Å². The Labute approximate surface area is 98.4 Å². The smallest absolute Gasteiger partial charge is 0.414 e. The topological polar surface area (TPSA) is 77.1 Å². The van der Waals surface area contributed by atoms with E-state index in [0.29, 0.717) is 17.8 Å². The molecule has 1 aliphatic heterocycles. The maximum absolute atomic E-state index is 11.6. The molecule has 0 radical (unpaired) electrons. The summed E-state index contributed by atoms with van der Waals surface area (Å²) in [6, 6.07) is 10.7. The molecule has 1 unspecified atom stereocenters. The zero-order chi connectivity index (χ0) is 12.3. The van der Waals surface area contributed by atoms with Gasteiger partial charge in [0.05, 0.1) is 23.6 Å². The van der Waals surface area contributed by atoms with E-state index in [9.17, 15) is 4.79 Å². The van der Waals surface area contributed by atoms with E-state index < -0.39 is 6.09 Å². The third kappa shape index (κ3) is 2.19. The first-order valence-electron chi connectivity index (χ1n) is 5.08. The van der Waals surface area contributed by atoms with Crippen molar-refractivity contribution in [3.05, 3.63) is 29.8 Å². The molecule has 1 fully saturated rings. The van der Waals surface area contributed by atoms with Crippen LogP contribution in [0.15, 0.2) is 24.3 Å². The standard InChI is InChI=1S/C12H9N3O2/c13-5-9-2-1-3-11(4-9)15-7-10(6-14)8-17-12(15)16/h1-4,10H,7-8H2. The molecule has 1 aliphatic rings. The lowest BCUT2D eigenvalue weighted by Crippen LogP contribution is -2.42. The average molecular weight is 227 g/mol. The van der Waals surface area contributed by atoms with Crippen molar-refractivity contribution in [2.75, 3.05) is 18.1 Å². The molecule has 0 saturated carbocycles. The molecule has 1 atom stereocenters. The fourth-order valence-corrected chi connectivity index (χ4v) is 1.63. The second kappa shape index (κ2) is 4.54. The number of carbonyl (C=O) groups is 1. The van der Waals surface area contributed by atoms with Crippen LogP contribution in [0.5, 0.6) is 0 Å². The Bertz CT molecular complexity index is 527. The lowest BCUT2D eigenvalue weighted by atomic mass is 10.1. The Hall–Kier alpha value is -2.53. The fourth-order valence-electron chi connectivity index (χ4n) is 1.63. The van der Waals surface area contributed by atoms with E-state index in [-0.39, 0.29) is 12.5 Å². The van der Waals surface area contributed by atoms with E-state index in [2.05, 4.69) is 6.07 Å². The van der Waals surface area contributed by atoms with E-state index in [1.54, 1.807) is 24.3 Å². The molecule has 0 bridgehead atoms. The first-order chi connectivity index (χ1) is 8.24. The minimum absolute atomic E-state index is 0.129. The number of cyclic esters (lactones) is 1. The van der Waals surface area contributed by atoms with Crippen LogP contribution in [0, 0.1) is 28.6 Å². The molecule has 2 rings (SSSR count). The van der Waals surface area contributed by atoms with E-state index in [4.69, 9.17) is 15.3 Å². The lowest BCUT2D eigenvalue weighted by Gasteiger charge is -2.29. The number of nitrogens with zero attached hydrogens (tertiary/aromatic N) is 3. The maximum atomic E-state index is 11.6. The monoisotopic (exact) mass is 227 g/mol. The number of hydrogen-bond acceptors (Lipinski definition) is 4. The van der Waals surface area contributed by atoms with Gasteiger partial charge in [0.25, 0.3) is 0 Å². The molecule has 0 N–H and O–H groups in total. The van der Waals surface area contributed by atoms with Crippen LogP contribution in [0.1, 0.15) is 5.56 Å². The summed E-state index contributed by atoms with van der Waals surface area (Å²) < 4.78 is 4.90. The van der Waals surface area contributed by atoms with Gasteiger partial charge in [0, 0.05) is 12.2 Å². The molecule has 5 nitrogen and oxygen atoms in total. The van der Waals surface area contributed by atoms with Crippen LogP contribution in [0.2, 0.25) is 0 Å². The van der Waals surface area contributed by atoms with Gasteiger partial charge in [0.1, 0.15) is 6.61 Å². The molecule has 1 saturated heterocycles. The van der Waals surface area contributed by atoms with Gasteiger partial charge in [-0.2, -0.15) is 10.5 Å².